The summed E-state index contributed by atoms with van der Waals surface area (Å²) >= 11 is 12.0. The molecule has 0 aliphatic heterocycles. The molecule has 3 aromatic carbocycles. The molecule has 0 atom stereocenters. The summed E-state index contributed by atoms with van der Waals surface area (Å²) in [6.45, 7) is 0.819. The fourth-order valence-electron chi connectivity index (χ4n) is 2.31. The van der Waals surface area contributed by atoms with E-state index < -0.39 is 0 Å². The minimum Gasteiger partial charge on any atom is -0.489 e. The third kappa shape index (κ3) is 4.88. The van der Waals surface area contributed by atoms with Crippen molar-refractivity contribution < 1.29 is 9.13 Å². The van der Waals surface area contributed by atoms with Crippen molar-refractivity contribution in [3.05, 3.63) is 93.7 Å². The number of hydrogen-bond donors (Lipinski definition) is 1. The fourth-order valence-corrected chi connectivity index (χ4v) is 2.79. The zero-order valence-corrected chi connectivity index (χ0v) is 14.8. The second-order valence-corrected chi connectivity index (χ2v) is 6.35. The van der Waals surface area contributed by atoms with Crippen molar-refractivity contribution in [2.45, 2.75) is 13.2 Å². The zero-order valence-electron chi connectivity index (χ0n) is 13.3. The normalized spacial score (nSPS) is 10.5. The highest BCUT2D eigenvalue weighted by molar-refractivity contribution is 6.36. The fraction of sp³-hybridized carbons (Fsp3) is 0.100. The van der Waals surface area contributed by atoms with Gasteiger partial charge in [-0.3, -0.25) is 0 Å². The molecule has 0 bridgehead atoms. The molecule has 0 fully saturated rings. The van der Waals surface area contributed by atoms with Crippen LogP contribution in [0.5, 0.6) is 5.75 Å². The van der Waals surface area contributed by atoms with Crippen LogP contribution in [-0.2, 0) is 13.2 Å². The second-order valence-electron chi connectivity index (χ2n) is 5.50. The minimum absolute atomic E-state index is 0.199. The first-order chi connectivity index (χ1) is 12.1. The Kier molecular flexibility index (Phi) is 5.79. The summed E-state index contributed by atoms with van der Waals surface area (Å²) in [5, 5.41) is 4.44. The summed E-state index contributed by atoms with van der Waals surface area (Å²) in [5.41, 5.74) is 2.43. The van der Waals surface area contributed by atoms with Gasteiger partial charge in [0.05, 0.1) is 10.7 Å². The lowest BCUT2D eigenvalue weighted by Gasteiger charge is -2.10. The number of hydrogen-bond acceptors (Lipinski definition) is 2. The van der Waals surface area contributed by atoms with E-state index in [0.29, 0.717) is 27.9 Å². The SMILES string of the molecule is Fc1ccccc1COc1ccc(CNc2ccc(Cl)cc2Cl)cc1. The topological polar surface area (TPSA) is 21.3 Å². The van der Waals surface area contributed by atoms with Gasteiger partial charge in [-0.1, -0.05) is 53.5 Å². The van der Waals surface area contributed by atoms with Gasteiger partial charge in [-0.15, -0.1) is 0 Å². The standard InChI is InChI=1S/C20H16Cl2FNO/c21-16-7-10-20(18(22)11-16)24-12-14-5-8-17(9-6-14)25-13-15-3-1-2-4-19(15)23/h1-11,24H,12-13H2. The van der Waals surface area contributed by atoms with Gasteiger partial charge in [-0.05, 0) is 42.0 Å². The molecule has 2 nitrogen and oxygen atoms in total. The number of nitrogens with one attached hydrogen (secondary N) is 1. The molecule has 0 spiro atoms. The molecule has 0 unspecified atom stereocenters. The molecule has 3 aromatic rings. The van der Waals surface area contributed by atoms with Crippen LogP contribution < -0.4 is 10.1 Å². The van der Waals surface area contributed by atoms with Crippen LogP contribution >= 0.6 is 23.2 Å². The maximum atomic E-state index is 13.6. The lowest BCUT2D eigenvalue weighted by molar-refractivity contribution is 0.300. The van der Waals surface area contributed by atoms with Gasteiger partial charge in [-0.25, -0.2) is 4.39 Å². The summed E-state index contributed by atoms with van der Waals surface area (Å²) in [4.78, 5) is 0. The molecule has 0 amide bonds. The van der Waals surface area contributed by atoms with Crippen LogP contribution in [0.25, 0.3) is 0 Å². The summed E-state index contributed by atoms with van der Waals surface area (Å²) in [6.07, 6.45) is 0. The van der Waals surface area contributed by atoms with E-state index in [0.717, 1.165) is 11.3 Å². The highest BCUT2D eigenvalue weighted by atomic mass is 35.5. The molecular formula is C20H16Cl2FNO. The quantitative estimate of drug-likeness (QED) is 0.543. The van der Waals surface area contributed by atoms with E-state index in [1.807, 2.05) is 30.3 Å². The molecule has 128 valence electrons. The number of rotatable bonds is 6. The maximum Gasteiger partial charge on any atom is 0.129 e. The third-order valence-corrected chi connectivity index (χ3v) is 4.24. The van der Waals surface area contributed by atoms with E-state index in [1.165, 1.54) is 6.07 Å². The van der Waals surface area contributed by atoms with E-state index in [9.17, 15) is 4.39 Å². The summed E-state index contributed by atoms with van der Waals surface area (Å²) in [5.74, 6) is 0.430. The highest BCUT2D eigenvalue weighted by Gasteiger charge is 2.03. The summed E-state index contributed by atoms with van der Waals surface area (Å²) < 4.78 is 19.2. The largest absolute Gasteiger partial charge is 0.489 e. The maximum absolute atomic E-state index is 13.6. The van der Waals surface area contributed by atoms with Crippen molar-refractivity contribution >= 4 is 28.9 Å². The van der Waals surface area contributed by atoms with Crippen LogP contribution in [0.15, 0.2) is 66.7 Å². The van der Waals surface area contributed by atoms with Gasteiger partial charge in [0.15, 0.2) is 0 Å². The molecule has 0 heterocycles. The van der Waals surface area contributed by atoms with Gasteiger partial charge in [0, 0.05) is 17.1 Å². The molecule has 25 heavy (non-hydrogen) atoms. The molecule has 0 aliphatic carbocycles. The lowest BCUT2D eigenvalue weighted by atomic mass is 10.2. The van der Waals surface area contributed by atoms with Gasteiger partial charge < -0.3 is 10.1 Å². The Morgan fingerprint density at radius 3 is 2.40 bits per heavy atom. The Morgan fingerprint density at radius 2 is 1.68 bits per heavy atom. The molecule has 5 heteroatoms. The first kappa shape index (κ1) is 17.6. The molecule has 0 saturated heterocycles. The Labute approximate surface area is 156 Å². The molecule has 3 rings (SSSR count). The van der Waals surface area contributed by atoms with Gasteiger partial charge in [0.25, 0.3) is 0 Å². The van der Waals surface area contributed by atoms with Crippen molar-refractivity contribution in [3.63, 3.8) is 0 Å². The van der Waals surface area contributed by atoms with E-state index >= 15 is 0 Å². The predicted molar refractivity (Wildman–Crippen MR) is 101 cm³/mol. The highest BCUT2D eigenvalue weighted by Crippen LogP contribution is 2.26. The van der Waals surface area contributed by atoms with E-state index in [2.05, 4.69) is 5.32 Å². The molecule has 1 N–H and O–H groups in total. The van der Waals surface area contributed by atoms with Crippen LogP contribution in [0, 0.1) is 5.82 Å². The Morgan fingerprint density at radius 1 is 0.920 bits per heavy atom. The predicted octanol–water partition coefficient (Wildman–Crippen LogP) is 6.32. The first-order valence-corrected chi connectivity index (χ1v) is 8.51. The average Bonchev–Trinajstić information content (AvgIpc) is 2.61. The van der Waals surface area contributed by atoms with Gasteiger partial charge in [0.2, 0.25) is 0 Å². The van der Waals surface area contributed by atoms with Gasteiger partial charge >= 0.3 is 0 Å². The van der Waals surface area contributed by atoms with Crippen molar-refractivity contribution in [1.29, 1.82) is 0 Å². The lowest BCUT2D eigenvalue weighted by Crippen LogP contribution is -2.01. The molecule has 0 aliphatic rings. The van der Waals surface area contributed by atoms with Gasteiger partial charge in [-0.2, -0.15) is 0 Å². The first-order valence-electron chi connectivity index (χ1n) is 7.76. The molecular weight excluding hydrogens is 360 g/mol. The van der Waals surface area contributed by atoms with Crippen LogP contribution in [0.4, 0.5) is 10.1 Å². The van der Waals surface area contributed by atoms with Crippen molar-refractivity contribution in [2.24, 2.45) is 0 Å². The molecule has 0 saturated carbocycles. The van der Waals surface area contributed by atoms with Gasteiger partial charge in [0.1, 0.15) is 18.2 Å². The number of halogens is 3. The van der Waals surface area contributed by atoms with Crippen molar-refractivity contribution in [1.82, 2.24) is 0 Å². The second kappa shape index (κ2) is 8.24. The third-order valence-electron chi connectivity index (χ3n) is 3.69. The summed E-state index contributed by atoms with van der Waals surface area (Å²) in [6, 6.07) is 19.5. The zero-order chi connectivity index (χ0) is 17.6. The van der Waals surface area contributed by atoms with Crippen LogP contribution in [0.1, 0.15) is 11.1 Å². The number of ether oxygens (including phenoxy) is 1. The Bertz CT molecular complexity index is 853. The Balaban J connectivity index is 1.56. The molecule has 0 aromatic heterocycles. The Hall–Kier alpha value is -2.23. The number of anilines is 1. The minimum atomic E-state index is -0.261. The monoisotopic (exact) mass is 375 g/mol. The van der Waals surface area contributed by atoms with Crippen molar-refractivity contribution in [3.8, 4) is 5.75 Å². The number of benzene rings is 3. The smallest absolute Gasteiger partial charge is 0.129 e. The average molecular weight is 376 g/mol. The van der Waals surface area contributed by atoms with Crippen molar-refractivity contribution in [2.75, 3.05) is 5.32 Å². The van der Waals surface area contributed by atoms with E-state index in [1.54, 1.807) is 30.3 Å². The summed E-state index contributed by atoms with van der Waals surface area (Å²) in [7, 11) is 0. The van der Waals surface area contributed by atoms with E-state index in [-0.39, 0.29) is 12.4 Å². The van der Waals surface area contributed by atoms with E-state index in [4.69, 9.17) is 27.9 Å². The molecule has 0 radical (unpaired) electrons. The van der Waals surface area contributed by atoms with Crippen LogP contribution in [0.2, 0.25) is 10.0 Å². The van der Waals surface area contributed by atoms with Crippen LogP contribution in [0.3, 0.4) is 0 Å². The van der Waals surface area contributed by atoms with Crippen LogP contribution in [-0.4, -0.2) is 0 Å².